The molecule has 0 radical (unpaired) electrons. The minimum atomic E-state index is -1.27. The second-order valence-electron chi connectivity index (χ2n) is 9.25. The summed E-state index contributed by atoms with van der Waals surface area (Å²) in [5.41, 5.74) is 0.248. The van der Waals surface area contributed by atoms with Gasteiger partial charge in [0.05, 0.1) is 13.2 Å². The minimum Gasteiger partial charge on any atom is -0.461 e. The number of esters is 1. The summed E-state index contributed by atoms with van der Waals surface area (Å²) in [5.74, 6) is -1.27. The fourth-order valence-electron chi connectivity index (χ4n) is 4.87. The number of amides is 2. The van der Waals surface area contributed by atoms with Crippen molar-refractivity contribution in [2.75, 3.05) is 11.5 Å². The van der Waals surface area contributed by atoms with Crippen molar-refractivity contribution >= 4 is 35.1 Å². The number of hydrogen-bond acceptors (Lipinski definition) is 5. The molecular weight excluding hydrogens is 456 g/mol. The Hall–Kier alpha value is -2.87. The van der Waals surface area contributed by atoms with Crippen LogP contribution in [-0.2, 0) is 16.1 Å². The molecule has 2 heterocycles. The van der Waals surface area contributed by atoms with E-state index < -0.39 is 17.4 Å². The predicted octanol–water partition coefficient (Wildman–Crippen LogP) is 4.28. The second-order valence-corrected chi connectivity index (χ2v) is 9.66. The van der Waals surface area contributed by atoms with Gasteiger partial charge < -0.3 is 10.1 Å². The van der Waals surface area contributed by atoms with E-state index in [0.717, 1.165) is 25.7 Å². The first kappa shape index (κ1) is 24.3. The Labute approximate surface area is 204 Å². The molecule has 2 amide bonds. The zero-order chi connectivity index (χ0) is 24.5. The van der Waals surface area contributed by atoms with Gasteiger partial charge in [0.2, 0.25) is 5.91 Å². The van der Waals surface area contributed by atoms with E-state index in [4.69, 9.17) is 16.3 Å². The van der Waals surface area contributed by atoms with E-state index in [-0.39, 0.29) is 36.5 Å². The Balaban J connectivity index is 1.77. The van der Waals surface area contributed by atoms with E-state index in [1.54, 1.807) is 32.0 Å². The van der Waals surface area contributed by atoms with Gasteiger partial charge in [-0.05, 0) is 51.3 Å². The molecule has 34 heavy (non-hydrogen) atoms. The zero-order valence-electron chi connectivity index (χ0n) is 19.9. The first-order valence-corrected chi connectivity index (χ1v) is 12.3. The van der Waals surface area contributed by atoms with Gasteiger partial charge in [-0.1, -0.05) is 43.4 Å². The number of fused-ring (bicyclic) bond motifs is 1. The summed E-state index contributed by atoms with van der Waals surface area (Å²) in [6, 6.07) is 6.79. The Kier molecular flexibility index (Phi) is 6.98. The van der Waals surface area contributed by atoms with Crippen molar-refractivity contribution in [2.24, 2.45) is 0 Å². The first-order valence-electron chi connectivity index (χ1n) is 11.9. The monoisotopic (exact) mass is 486 g/mol. The second kappa shape index (κ2) is 9.78. The Morgan fingerprint density at radius 2 is 1.94 bits per heavy atom. The van der Waals surface area contributed by atoms with Crippen molar-refractivity contribution in [3.05, 3.63) is 46.2 Å². The standard InChI is InChI=1S/C25H31ClN4O4/c1-4-34-23(32)19-14-21-22(31)30(20-13-9-12-18(26)16(20)2)25(3,15-29(21)28-19)24(33)27-17-10-7-5-6-8-11-17/h9,12-14,17H,4-8,10-11,15H2,1-3H3,(H,27,33). The number of nitrogens with zero attached hydrogens (tertiary/aromatic N) is 3. The van der Waals surface area contributed by atoms with Gasteiger partial charge >= 0.3 is 5.97 Å². The molecule has 9 heteroatoms. The lowest BCUT2D eigenvalue weighted by Gasteiger charge is -2.44. The summed E-state index contributed by atoms with van der Waals surface area (Å²) in [6.07, 6.45) is 6.33. The van der Waals surface area contributed by atoms with Gasteiger partial charge in [0.1, 0.15) is 11.2 Å². The maximum absolute atomic E-state index is 13.8. The van der Waals surface area contributed by atoms with E-state index in [1.807, 2.05) is 6.92 Å². The normalized spacial score (nSPS) is 21.1. The van der Waals surface area contributed by atoms with Crippen LogP contribution in [0.15, 0.2) is 24.3 Å². The van der Waals surface area contributed by atoms with Crippen molar-refractivity contribution in [3.8, 4) is 0 Å². The molecule has 182 valence electrons. The van der Waals surface area contributed by atoms with Gasteiger partial charge in [-0.2, -0.15) is 5.10 Å². The lowest BCUT2D eigenvalue weighted by atomic mass is 9.92. The first-order chi connectivity index (χ1) is 16.3. The summed E-state index contributed by atoms with van der Waals surface area (Å²) < 4.78 is 6.50. The number of hydrogen-bond donors (Lipinski definition) is 1. The van der Waals surface area contributed by atoms with Crippen LogP contribution in [0.1, 0.15) is 78.9 Å². The van der Waals surface area contributed by atoms with Crippen LogP contribution < -0.4 is 10.2 Å². The van der Waals surface area contributed by atoms with Crippen LogP contribution in [-0.4, -0.2) is 45.8 Å². The molecule has 0 bridgehead atoms. The fourth-order valence-corrected chi connectivity index (χ4v) is 5.04. The number of rotatable bonds is 5. The summed E-state index contributed by atoms with van der Waals surface area (Å²) in [7, 11) is 0. The van der Waals surface area contributed by atoms with Crippen molar-refractivity contribution in [1.82, 2.24) is 15.1 Å². The number of nitrogens with one attached hydrogen (secondary N) is 1. The average molecular weight is 487 g/mol. The van der Waals surface area contributed by atoms with Crippen LogP contribution in [0.2, 0.25) is 5.02 Å². The predicted molar refractivity (Wildman–Crippen MR) is 129 cm³/mol. The largest absolute Gasteiger partial charge is 0.461 e. The smallest absolute Gasteiger partial charge is 0.358 e. The van der Waals surface area contributed by atoms with Crippen LogP contribution in [0.3, 0.4) is 0 Å². The third-order valence-electron chi connectivity index (χ3n) is 6.80. The van der Waals surface area contributed by atoms with E-state index in [9.17, 15) is 14.4 Å². The minimum absolute atomic E-state index is 0.0430. The molecule has 1 unspecified atom stereocenters. The summed E-state index contributed by atoms with van der Waals surface area (Å²) in [5, 5.41) is 8.02. The van der Waals surface area contributed by atoms with Gasteiger partial charge in [-0.25, -0.2) is 4.79 Å². The molecule has 1 aliphatic heterocycles. The lowest BCUT2D eigenvalue weighted by Crippen LogP contribution is -2.65. The number of ether oxygens (including phenoxy) is 1. The highest BCUT2D eigenvalue weighted by atomic mass is 35.5. The number of anilines is 1. The molecule has 0 saturated heterocycles. The van der Waals surface area contributed by atoms with Gasteiger partial charge in [0, 0.05) is 22.8 Å². The molecule has 1 aliphatic carbocycles. The van der Waals surface area contributed by atoms with Crippen LogP contribution >= 0.6 is 11.6 Å². The van der Waals surface area contributed by atoms with Crippen molar-refractivity contribution in [3.63, 3.8) is 0 Å². The van der Waals surface area contributed by atoms with Gasteiger partial charge in [0.25, 0.3) is 5.91 Å². The summed E-state index contributed by atoms with van der Waals surface area (Å²) in [4.78, 5) is 41.4. The number of carbonyl (C=O) groups excluding carboxylic acids is 3. The van der Waals surface area contributed by atoms with Gasteiger partial charge in [0.15, 0.2) is 5.69 Å². The Morgan fingerprint density at radius 1 is 1.24 bits per heavy atom. The van der Waals surface area contributed by atoms with Crippen LogP contribution in [0, 0.1) is 6.92 Å². The highest BCUT2D eigenvalue weighted by molar-refractivity contribution is 6.32. The SMILES string of the molecule is CCOC(=O)c1cc2n(n1)CC(C)(C(=O)NC1CCCCCC1)N(c1cccc(Cl)c1C)C2=O. The molecule has 1 fully saturated rings. The maximum Gasteiger partial charge on any atom is 0.358 e. The zero-order valence-corrected chi connectivity index (χ0v) is 20.7. The highest BCUT2D eigenvalue weighted by Crippen LogP contribution is 2.37. The van der Waals surface area contributed by atoms with E-state index in [0.29, 0.717) is 16.3 Å². The fraction of sp³-hybridized carbons (Fsp3) is 0.520. The van der Waals surface area contributed by atoms with Crippen molar-refractivity contribution in [2.45, 2.75) is 77.4 Å². The van der Waals surface area contributed by atoms with Crippen LogP contribution in [0.4, 0.5) is 5.69 Å². The number of aromatic nitrogens is 2. The Morgan fingerprint density at radius 3 is 2.62 bits per heavy atom. The topological polar surface area (TPSA) is 93.5 Å². The lowest BCUT2D eigenvalue weighted by molar-refractivity contribution is -0.127. The van der Waals surface area contributed by atoms with Crippen molar-refractivity contribution in [1.29, 1.82) is 0 Å². The molecule has 1 N–H and O–H groups in total. The maximum atomic E-state index is 13.8. The molecule has 8 nitrogen and oxygen atoms in total. The quantitative estimate of drug-likeness (QED) is 0.503. The van der Waals surface area contributed by atoms with E-state index in [1.165, 1.54) is 28.5 Å². The molecule has 1 aromatic heterocycles. The molecule has 1 saturated carbocycles. The van der Waals surface area contributed by atoms with Gasteiger partial charge in [-0.3, -0.25) is 19.2 Å². The molecule has 0 spiro atoms. The van der Waals surface area contributed by atoms with E-state index in [2.05, 4.69) is 10.4 Å². The molecule has 1 atom stereocenters. The molecule has 4 rings (SSSR count). The number of carbonyl (C=O) groups is 3. The van der Waals surface area contributed by atoms with E-state index >= 15 is 0 Å². The third kappa shape index (κ3) is 4.43. The van der Waals surface area contributed by atoms with Gasteiger partial charge in [-0.15, -0.1) is 0 Å². The highest BCUT2D eigenvalue weighted by Gasteiger charge is 2.50. The average Bonchev–Trinajstić information content (AvgIpc) is 3.06. The van der Waals surface area contributed by atoms with Crippen molar-refractivity contribution < 1.29 is 19.1 Å². The molecular formula is C25H31ClN4O4. The molecule has 2 aromatic rings. The Bertz CT molecular complexity index is 1110. The summed E-state index contributed by atoms with van der Waals surface area (Å²) >= 11 is 6.39. The number of halogens is 1. The number of benzene rings is 1. The summed E-state index contributed by atoms with van der Waals surface area (Å²) in [6.45, 7) is 5.57. The molecule has 1 aromatic carbocycles. The molecule has 2 aliphatic rings. The van der Waals surface area contributed by atoms with Crippen LogP contribution in [0.5, 0.6) is 0 Å². The third-order valence-corrected chi connectivity index (χ3v) is 7.21. The van der Waals surface area contributed by atoms with Crippen LogP contribution in [0.25, 0.3) is 0 Å².